The lowest BCUT2D eigenvalue weighted by Gasteiger charge is -2.16. The van der Waals surface area contributed by atoms with Crippen LogP contribution in [0.2, 0.25) is 0 Å². The van der Waals surface area contributed by atoms with Crippen molar-refractivity contribution in [3.8, 4) is 0 Å². The first kappa shape index (κ1) is 20.1. The van der Waals surface area contributed by atoms with E-state index in [0.717, 1.165) is 29.5 Å². The van der Waals surface area contributed by atoms with Crippen molar-refractivity contribution in [1.29, 1.82) is 0 Å². The zero-order valence-electron chi connectivity index (χ0n) is 16.2. The van der Waals surface area contributed by atoms with E-state index in [1.165, 1.54) is 28.6 Å². The smallest absolute Gasteiger partial charge is 0.263 e. The number of hydrogen-bond acceptors (Lipinski definition) is 5. The molecule has 2 heterocycles. The minimum absolute atomic E-state index is 0.00316. The van der Waals surface area contributed by atoms with Crippen LogP contribution in [0.4, 0.5) is 0 Å². The molecule has 3 rings (SSSR count). The molecule has 7 heteroatoms. The highest BCUT2D eigenvalue weighted by Crippen LogP contribution is 2.35. The highest BCUT2D eigenvalue weighted by atomic mass is 32.2. The second kappa shape index (κ2) is 8.61. The molecular formula is C20H27N3O2S2. The number of aromatic nitrogens is 2. The molecule has 0 bridgehead atoms. The molecule has 1 aliphatic carbocycles. The summed E-state index contributed by atoms with van der Waals surface area (Å²) in [6.07, 6.45) is 6.01. The number of amides is 1. The van der Waals surface area contributed by atoms with Crippen molar-refractivity contribution in [1.82, 2.24) is 14.9 Å². The molecule has 0 aromatic carbocycles. The van der Waals surface area contributed by atoms with Gasteiger partial charge in [0.15, 0.2) is 5.16 Å². The van der Waals surface area contributed by atoms with E-state index in [1.807, 2.05) is 6.92 Å². The summed E-state index contributed by atoms with van der Waals surface area (Å²) < 4.78 is 1.66. The topological polar surface area (TPSA) is 64.0 Å². The van der Waals surface area contributed by atoms with Crippen LogP contribution in [0.15, 0.2) is 22.6 Å². The Kier molecular flexibility index (Phi) is 6.42. The zero-order chi connectivity index (χ0) is 19.6. The molecule has 0 fully saturated rings. The second-order valence-electron chi connectivity index (χ2n) is 7.39. The summed E-state index contributed by atoms with van der Waals surface area (Å²) in [6, 6.07) is 0. The van der Waals surface area contributed by atoms with Crippen LogP contribution in [0.3, 0.4) is 0 Å². The van der Waals surface area contributed by atoms with Crippen molar-refractivity contribution >= 4 is 39.2 Å². The number of carbonyl (C=O) groups excluding carboxylic acids is 1. The zero-order valence-corrected chi connectivity index (χ0v) is 17.8. The second-order valence-corrected chi connectivity index (χ2v) is 9.78. The third-order valence-electron chi connectivity index (χ3n) is 4.69. The molecule has 1 amide bonds. The first-order valence-electron chi connectivity index (χ1n) is 9.52. The number of aryl methyl sites for hydroxylation is 2. The van der Waals surface area contributed by atoms with Crippen molar-refractivity contribution in [2.45, 2.75) is 63.4 Å². The number of hydrogen-bond donors (Lipinski definition) is 1. The van der Waals surface area contributed by atoms with Gasteiger partial charge in [0.1, 0.15) is 4.83 Å². The highest BCUT2D eigenvalue weighted by Gasteiger charge is 2.24. The first-order valence-corrected chi connectivity index (χ1v) is 11.2. The summed E-state index contributed by atoms with van der Waals surface area (Å²) >= 11 is 2.98. The summed E-state index contributed by atoms with van der Waals surface area (Å²) in [7, 11) is 0. The fourth-order valence-electron chi connectivity index (χ4n) is 3.26. The minimum atomic E-state index is -0.321. The SMILES string of the molecule is C=CCn1c(S[C@H](C)C(=O)NCC(C)C)nc2sc3c(c2c1=O)CCCC3. The molecule has 2 aromatic rings. The number of thiophene rings is 1. The third-order valence-corrected chi connectivity index (χ3v) is 6.96. The summed E-state index contributed by atoms with van der Waals surface area (Å²) in [4.78, 5) is 32.5. The van der Waals surface area contributed by atoms with Crippen molar-refractivity contribution in [3.05, 3.63) is 33.4 Å². The Bertz CT molecular complexity index is 914. The Hall–Kier alpha value is -1.60. The van der Waals surface area contributed by atoms with Crippen LogP contribution in [0.1, 0.15) is 44.1 Å². The van der Waals surface area contributed by atoms with E-state index in [4.69, 9.17) is 4.98 Å². The van der Waals surface area contributed by atoms with Gasteiger partial charge in [0.2, 0.25) is 5.91 Å². The Morgan fingerprint density at radius 1 is 1.37 bits per heavy atom. The van der Waals surface area contributed by atoms with Gasteiger partial charge in [-0.05, 0) is 44.1 Å². The standard InChI is InChI=1S/C20H27N3O2S2/c1-5-10-23-19(25)16-14-8-6-7-9-15(14)27-18(16)22-20(23)26-13(4)17(24)21-11-12(2)3/h5,12-13H,1,6-11H2,2-4H3,(H,21,24)/t13-/m1/s1. The minimum Gasteiger partial charge on any atom is -0.355 e. The van der Waals surface area contributed by atoms with Crippen LogP contribution in [-0.2, 0) is 24.2 Å². The van der Waals surface area contributed by atoms with E-state index in [2.05, 4.69) is 25.7 Å². The van der Waals surface area contributed by atoms with Crippen LogP contribution in [0.25, 0.3) is 10.2 Å². The number of nitrogens with zero attached hydrogens (tertiary/aromatic N) is 2. The molecule has 1 atom stereocenters. The van der Waals surface area contributed by atoms with Crippen molar-refractivity contribution in [2.75, 3.05) is 6.54 Å². The molecule has 146 valence electrons. The van der Waals surface area contributed by atoms with Crippen LogP contribution >= 0.6 is 23.1 Å². The lowest BCUT2D eigenvalue weighted by Crippen LogP contribution is -2.34. The van der Waals surface area contributed by atoms with Gasteiger partial charge in [-0.25, -0.2) is 4.98 Å². The molecule has 1 aliphatic rings. The van der Waals surface area contributed by atoms with Gasteiger partial charge in [-0.1, -0.05) is 31.7 Å². The lowest BCUT2D eigenvalue weighted by molar-refractivity contribution is -0.120. The van der Waals surface area contributed by atoms with Crippen molar-refractivity contribution in [2.24, 2.45) is 5.92 Å². The molecule has 0 unspecified atom stereocenters. The maximum absolute atomic E-state index is 13.2. The Morgan fingerprint density at radius 3 is 2.81 bits per heavy atom. The molecular weight excluding hydrogens is 378 g/mol. The number of thioether (sulfide) groups is 1. The van der Waals surface area contributed by atoms with E-state index >= 15 is 0 Å². The Morgan fingerprint density at radius 2 is 2.11 bits per heavy atom. The molecule has 0 aliphatic heterocycles. The third kappa shape index (κ3) is 4.29. The maximum atomic E-state index is 13.2. The molecule has 0 saturated heterocycles. The van der Waals surface area contributed by atoms with Crippen LogP contribution in [0, 0.1) is 5.92 Å². The number of carbonyl (C=O) groups is 1. The van der Waals surface area contributed by atoms with E-state index in [-0.39, 0.29) is 16.7 Å². The molecule has 0 radical (unpaired) electrons. The normalized spacial score (nSPS) is 15.0. The van der Waals surface area contributed by atoms with Gasteiger partial charge in [0.25, 0.3) is 5.56 Å². The van der Waals surface area contributed by atoms with E-state index in [1.54, 1.807) is 22.0 Å². The largest absolute Gasteiger partial charge is 0.355 e. The first-order chi connectivity index (χ1) is 12.9. The van der Waals surface area contributed by atoms with Crippen LogP contribution < -0.4 is 10.9 Å². The summed E-state index contributed by atoms with van der Waals surface area (Å²) in [5, 5.41) is 4.00. The molecule has 0 saturated carbocycles. The van der Waals surface area contributed by atoms with Gasteiger partial charge in [-0.2, -0.15) is 0 Å². The van der Waals surface area contributed by atoms with Crippen LogP contribution in [0.5, 0.6) is 0 Å². The van der Waals surface area contributed by atoms with Gasteiger partial charge in [-0.15, -0.1) is 17.9 Å². The molecule has 0 spiro atoms. The molecule has 1 N–H and O–H groups in total. The fraction of sp³-hybridized carbons (Fsp3) is 0.550. The average Bonchev–Trinajstić information content (AvgIpc) is 3.01. The van der Waals surface area contributed by atoms with Gasteiger partial charge in [0, 0.05) is 18.0 Å². The quantitative estimate of drug-likeness (QED) is 0.433. The molecule has 27 heavy (non-hydrogen) atoms. The summed E-state index contributed by atoms with van der Waals surface area (Å²) in [5.41, 5.74) is 1.19. The van der Waals surface area contributed by atoms with Crippen molar-refractivity contribution in [3.63, 3.8) is 0 Å². The van der Waals surface area contributed by atoms with E-state index in [0.29, 0.717) is 24.2 Å². The van der Waals surface area contributed by atoms with Gasteiger partial charge in [-0.3, -0.25) is 14.2 Å². The van der Waals surface area contributed by atoms with Gasteiger partial charge >= 0.3 is 0 Å². The molecule has 2 aromatic heterocycles. The Labute approximate surface area is 168 Å². The van der Waals surface area contributed by atoms with Crippen molar-refractivity contribution < 1.29 is 4.79 Å². The number of fused-ring (bicyclic) bond motifs is 3. The summed E-state index contributed by atoms with van der Waals surface area (Å²) in [5.74, 6) is 0.371. The van der Waals surface area contributed by atoms with E-state index in [9.17, 15) is 9.59 Å². The summed E-state index contributed by atoms with van der Waals surface area (Å²) in [6.45, 7) is 10.8. The van der Waals surface area contributed by atoms with Crippen LogP contribution in [-0.4, -0.2) is 27.3 Å². The average molecular weight is 406 g/mol. The van der Waals surface area contributed by atoms with Gasteiger partial charge in [0.05, 0.1) is 10.6 Å². The fourth-order valence-corrected chi connectivity index (χ4v) is 5.50. The Balaban J connectivity index is 1.97. The predicted octanol–water partition coefficient (Wildman–Crippen LogP) is 3.78. The number of allylic oxidation sites excluding steroid dienone is 1. The lowest BCUT2D eigenvalue weighted by atomic mass is 9.97. The monoisotopic (exact) mass is 405 g/mol. The predicted molar refractivity (Wildman–Crippen MR) is 114 cm³/mol. The van der Waals surface area contributed by atoms with E-state index < -0.39 is 0 Å². The number of rotatable bonds is 7. The highest BCUT2D eigenvalue weighted by molar-refractivity contribution is 8.00. The van der Waals surface area contributed by atoms with Gasteiger partial charge < -0.3 is 5.32 Å². The number of nitrogens with one attached hydrogen (secondary N) is 1. The molecule has 5 nitrogen and oxygen atoms in total. The maximum Gasteiger partial charge on any atom is 0.263 e.